The number of benzene rings is 1. The van der Waals surface area contributed by atoms with Crippen LogP contribution in [0, 0.1) is 0 Å². The number of nitrogens with one attached hydrogen (secondary N) is 1. The summed E-state index contributed by atoms with van der Waals surface area (Å²) in [5, 5.41) is 9.11. The van der Waals surface area contributed by atoms with Crippen LogP contribution in [0.3, 0.4) is 0 Å². The molecule has 148 valence electrons. The van der Waals surface area contributed by atoms with Gasteiger partial charge in [0.15, 0.2) is 0 Å². The van der Waals surface area contributed by atoms with Crippen molar-refractivity contribution in [2.45, 2.75) is 39.7 Å². The van der Waals surface area contributed by atoms with E-state index in [9.17, 15) is 4.79 Å². The summed E-state index contributed by atoms with van der Waals surface area (Å²) < 4.78 is 6.36. The average molecular weight is 438 g/mol. The topological polar surface area (TPSA) is 78.5 Å². The van der Waals surface area contributed by atoms with E-state index in [4.69, 9.17) is 14.8 Å². The van der Waals surface area contributed by atoms with Gasteiger partial charge in [0.25, 0.3) is 5.56 Å². The Bertz CT molecular complexity index is 821. The Morgan fingerprint density at radius 3 is 2.74 bits per heavy atom. The van der Waals surface area contributed by atoms with E-state index in [-0.39, 0.29) is 18.1 Å². The van der Waals surface area contributed by atoms with Gasteiger partial charge in [-0.1, -0.05) is 26.8 Å². The number of aliphatic hydroxyl groups is 1. The highest BCUT2D eigenvalue weighted by Gasteiger charge is 2.17. The number of halogens is 1. The quantitative estimate of drug-likeness (QED) is 0.626. The lowest BCUT2D eigenvalue weighted by Crippen LogP contribution is -2.21. The van der Waals surface area contributed by atoms with Gasteiger partial charge in [-0.3, -0.25) is 9.69 Å². The fraction of sp³-hybridized carbons (Fsp3) is 0.500. The molecule has 0 aliphatic carbocycles. The Morgan fingerprint density at radius 1 is 1.37 bits per heavy atom. The number of H-pyrrole nitrogens is 1. The van der Waals surface area contributed by atoms with Gasteiger partial charge in [-0.2, -0.15) is 0 Å². The Kier molecular flexibility index (Phi) is 8.01. The van der Waals surface area contributed by atoms with Crippen molar-refractivity contribution in [1.82, 2.24) is 14.9 Å². The van der Waals surface area contributed by atoms with Crippen molar-refractivity contribution < 1.29 is 9.84 Å². The fourth-order valence-corrected chi connectivity index (χ4v) is 3.39. The molecule has 0 amide bonds. The number of aromatic nitrogens is 2. The molecule has 2 N–H and O–H groups in total. The van der Waals surface area contributed by atoms with E-state index in [0.717, 1.165) is 23.2 Å². The normalized spacial score (nSPS) is 11.4. The molecule has 0 spiro atoms. The van der Waals surface area contributed by atoms with Gasteiger partial charge in [-0.15, -0.1) is 0 Å². The minimum atomic E-state index is -0.201. The third kappa shape index (κ3) is 5.64. The second kappa shape index (κ2) is 10.0. The SMILES string of the molecule is CCCOc1ccc(CN(C)CCO)cc1-c1nc(C(C)C)c(Br)c(=O)[nH]1. The summed E-state index contributed by atoms with van der Waals surface area (Å²) in [5.74, 6) is 1.31. The third-order valence-electron chi connectivity index (χ3n) is 4.13. The second-order valence-electron chi connectivity index (χ2n) is 6.91. The maximum absolute atomic E-state index is 12.4. The molecule has 1 heterocycles. The molecule has 2 rings (SSSR count). The van der Waals surface area contributed by atoms with Crippen molar-refractivity contribution in [2.24, 2.45) is 0 Å². The van der Waals surface area contributed by atoms with Crippen molar-refractivity contribution in [3.8, 4) is 17.1 Å². The minimum absolute atomic E-state index is 0.110. The lowest BCUT2D eigenvalue weighted by molar-refractivity contribution is 0.217. The van der Waals surface area contributed by atoms with E-state index >= 15 is 0 Å². The van der Waals surface area contributed by atoms with Gasteiger partial charge in [0, 0.05) is 13.1 Å². The Morgan fingerprint density at radius 2 is 2.11 bits per heavy atom. The summed E-state index contributed by atoms with van der Waals surface area (Å²) in [7, 11) is 1.95. The molecule has 0 unspecified atom stereocenters. The Hall–Kier alpha value is -1.70. The molecule has 1 aromatic carbocycles. The van der Waals surface area contributed by atoms with E-state index in [2.05, 4.69) is 27.8 Å². The number of rotatable bonds is 9. The first-order valence-electron chi connectivity index (χ1n) is 9.22. The van der Waals surface area contributed by atoms with Gasteiger partial charge in [0.1, 0.15) is 16.0 Å². The summed E-state index contributed by atoms with van der Waals surface area (Å²) in [6, 6.07) is 5.92. The molecule has 0 saturated heterocycles. The van der Waals surface area contributed by atoms with Crippen LogP contribution in [-0.4, -0.2) is 46.8 Å². The largest absolute Gasteiger partial charge is 0.493 e. The number of likely N-dealkylation sites (N-methyl/N-ethyl adjacent to an activating group) is 1. The summed E-state index contributed by atoms with van der Waals surface area (Å²) in [6.07, 6.45) is 0.891. The van der Waals surface area contributed by atoms with Crippen LogP contribution in [0.4, 0.5) is 0 Å². The summed E-state index contributed by atoms with van der Waals surface area (Å²) in [4.78, 5) is 22.0. The van der Waals surface area contributed by atoms with Crippen LogP contribution in [0.1, 0.15) is 44.4 Å². The molecule has 7 heteroatoms. The molecule has 0 bridgehead atoms. The Balaban J connectivity index is 2.52. The first-order valence-corrected chi connectivity index (χ1v) is 10.0. The van der Waals surface area contributed by atoms with Gasteiger partial charge in [-0.05, 0) is 53.0 Å². The number of hydrogen-bond acceptors (Lipinski definition) is 5. The molecule has 0 aliphatic heterocycles. The average Bonchev–Trinajstić information content (AvgIpc) is 2.62. The standard InChI is InChI=1S/C20H28BrN3O3/c1-5-10-27-16-7-6-14(12-24(4)8-9-25)11-15(16)19-22-18(13(2)3)17(21)20(26)23-19/h6-7,11,13,25H,5,8-10,12H2,1-4H3,(H,22,23,26). The van der Waals surface area contributed by atoms with E-state index in [1.54, 1.807) is 0 Å². The van der Waals surface area contributed by atoms with Gasteiger partial charge < -0.3 is 14.8 Å². The van der Waals surface area contributed by atoms with Crippen molar-refractivity contribution in [3.63, 3.8) is 0 Å². The van der Waals surface area contributed by atoms with Crippen LogP contribution in [0.2, 0.25) is 0 Å². The second-order valence-corrected chi connectivity index (χ2v) is 7.70. The molecule has 1 aromatic heterocycles. The molecule has 0 atom stereocenters. The monoisotopic (exact) mass is 437 g/mol. The molecule has 0 saturated carbocycles. The number of aromatic amines is 1. The lowest BCUT2D eigenvalue weighted by Gasteiger charge is -2.18. The van der Waals surface area contributed by atoms with Crippen molar-refractivity contribution in [2.75, 3.05) is 26.8 Å². The lowest BCUT2D eigenvalue weighted by atomic mass is 10.1. The molecular formula is C20H28BrN3O3. The van der Waals surface area contributed by atoms with Crippen LogP contribution < -0.4 is 10.3 Å². The van der Waals surface area contributed by atoms with Gasteiger partial charge in [0.2, 0.25) is 0 Å². The third-order valence-corrected chi connectivity index (χ3v) is 4.90. The highest BCUT2D eigenvalue weighted by Crippen LogP contribution is 2.31. The zero-order valence-electron chi connectivity index (χ0n) is 16.4. The smallest absolute Gasteiger partial charge is 0.265 e. The molecular weight excluding hydrogens is 410 g/mol. The van der Waals surface area contributed by atoms with Crippen LogP contribution in [-0.2, 0) is 6.54 Å². The molecule has 0 radical (unpaired) electrons. The van der Waals surface area contributed by atoms with E-state index < -0.39 is 0 Å². The van der Waals surface area contributed by atoms with Crippen LogP contribution in [0.25, 0.3) is 11.4 Å². The van der Waals surface area contributed by atoms with Crippen LogP contribution >= 0.6 is 15.9 Å². The van der Waals surface area contributed by atoms with Crippen LogP contribution in [0.5, 0.6) is 5.75 Å². The van der Waals surface area contributed by atoms with Crippen molar-refractivity contribution in [1.29, 1.82) is 0 Å². The van der Waals surface area contributed by atoms with Crippen molar-refractivity contribution >= 4 is 15.9 Å². The zero-order valence-corrected chi connectivity index (χ0v) is 18.0. The van der Waals surface area contributed by atoms with Gasteiger partial charge in [-0.25, -0.2) is 4.98 Å². The minimum Gasteiger partial charge on any atom is -0.493 e. The number of nitrogens with zero attached hydrogens (tertiary/aromatic N) is 2. The number of ether oxygens (including phenoxy) is 1. The number of aliphatic hydroxyl groups excluding tert-OH is 1. The fourth-order valence-electron chi connectivity index (χ4n) is 2.75. The van der Waals surface area contributed by atoms with Gasteiger partial charge >= 0.3 is 0 Å². The Labute approximate surface area is 168 Å². The van der Waals surface area contributed by atoms with E-state index in [1.807, 2.05) is 44.0 Å². The predicted octanol–water partition coefficient (Wildman–Crippen LogP) is 3.54. The zero-order chi connectivity index (χ0) is 20.0. The maximum Gasteiger partial charge on any atom is 0.265 e. The molecule has 27 heavy (non-hydrogen) atoms. The highest BCUT2D eigenvalue weighted by atomic mass is 79.9. The first kappa shape index (κ1) is 21.6. The summed E-state index contributed by atoms with van der Waals surface area (Å²) in [6.45, 7) is 8.04. The van der Waals surface area contributed by atoms with Gasteiger partial charge in [0.05, 0.1) is 24.5 Å². The molecule has 2 aromatic rings. The molecule has 6 nitrogen and oxygen atoms in total. The van der Waals surface area contributed by atoms with E-state index in [0.29, 0.717) is 35.7 Å². The molecule has 0 fully saturated rings. The van der Waals surface area contributed by atoms with Crippen LogP contribution in [0.15, 0.2) is 27.5 Å². The first-order chi connectivity index (χ1) is 12.9. The highest BCUT2D eigenvalue weighted by molar-refractivity contribution is 9.10. The summed E-state index contributed by atoms with van der Waals surface area (Å²) >= 11 is 3.34. The molecule has 0 aliphatic rings. The summed E-state index contributed by atoms with van der Waals surface area (Å²) in [5.41, 5.74) is 2.34. The maximum atomic E-state index is 12.4. The van der Waals surface area contributed by atoms with Crippen molar-refractivity contribution in [3.05, 3.63) is 44.3 Å². The van der Waals surface area contributed by atoms with E-state index in [1.165, 1.54) is 0 Å². The predicted molar refractivity (Wildman–Crippen MR) is 111 cm³/mol. The number of hydrogen-bond donors (Lipinski definition) is 2.